The highest BCUT2D eigenvalue weighted by Crippen LogP contribution is 2.10. The standard InChI is InChI=1S/C15H21IN2O3/c1-9(2)7-13(19)15(21)18-12(14(17)20)8-10-3-5-11(16)6-4-10/h3-6,9,12-13,19H,7-8H2,1-2H3,(H2,17,20)(H,18,21)/t12-,13+/m1/s1. The molecule has 5 nitrogen and oxygen atoms in total. The van der Waals surface area contributed by atoms with Gasteiger partial charge < -0.3 is 16.2 Å². The minimum Gasteiger partial charge on any atom is -0.383 e. The molecule has 0 saturated carbocycles. The summed E-state index contributed by atoms with van der Waals surface area (Å²) in [6.45, 7) is 3.82. The highest BCUT2D eigenvalue weighted by Gasteiger charge is 2.23. The Morgan fingerprint density at radius 1 is 1.29 bits per heavy atom. The van der Waals surface area contributed by atoms with Gasteiger partial charge in [0.05, 0.1) is 0 Å². The van der Waals surface area contributed by atoms with Crippen LogP contribution in [0.25, 0.3) is 0 Å². The van der Waals surface area contributed by atoms with Crippen molar-refractivity contribution in [2.75, 3.05) is 0 Å². The number of rotatable bonds is 7. The Bertz CT molecular complexity index is 488. The summed E-state index contributed by atoms with van der Waals surface area (Å²) in [4.78, 5) is 23.3. The van der Waals surface area contributed by atoms with E-state index in [9.17, 15) is 14.7 Å². The Hall–Kier alpha value is -1.15. The van der Waals surface area contributed by atoms with Gasteiger partial charge in [0.25, 0.3) is 0 Å². The number of nitrogens with two attached hydrogens (primary N) is 1. The van der Waals surface area contributed by atoms with E-state index in [1.54, 1.807) is 0 Å². The molecule has 0 aromatic heterocycles. The van der Waals surface area contributed by atoms with Crippen molar-refractivity contribution in [3.8, 4) is 0 Å². The second kappa shape index (κ2) is 8.33. The topological polar surface area (TPSA) is 92.4 Å². The summed E-state index contributed by atoms with van der Waals surface area (Å²) in [6, 6.07) is 6.79. The molecule has 6 heteroatoms. The zero-order valence-electron chi connectivity index (χ0n) is 12.2. The summed E-state index contributed by atoms with van der Waals surface area (Å²) < 4.78 is 1.09. The maximum absolute atomic E-state index is 11.9. The second-order valence-electron chi connectivity index (χ2n) is 5.44. The Labute approximate surface area is 138 Å². The van der Waals surface area contributed by atoms with Gasteiger partial charge in [0, 0.05) is 9.99 Å². The van der Waals surface area contributed by atoms with E-state index in [1.165, 1.54) is 0 Å². The van der Waals surface area contributed by atoms with Crippen molar-refractivity contribution in [1.29, 1.82) is 0 Å². The number of hydrogen-bond donors (Lipinski definition) is 3. The van der Waals surface area contributed by atoms with Crippen LogP contribution < -0.4 is 11.1 Å². The molecule has 0 spiro atoms. The molecule has 0 unspecified atom stereocenters. The maximum Gasteiger partial charge on any atom is 0.249 e. The normalized spacial score (nSPS) is 13.8. The van der Waals surface area contributed by atoms with Crippen LogP contribution in [-0.2, 0) is 16.0 Å². The molecule has 0 aliphatic carbocycles. The predicted octanol–water partition coefficient (Wildman–Crippen LogP) is 1.21. The molecule has 0 aliphatic heterocycles. The number of aliphatic hydroxyl groups is 1. The average molecular weight is 404 g/mol. The van der Waals surface area contributed by atoms with Gasteiger partial charge in [-0.2, -0.15) is 0 Å². The van der Waals surface area contributed by atoms with Gasteiger partial charge >= 0.3 is 0 Å². The van der Waals surface area contributed by atoms with Crippen LogP contribution >= 0.6 is 22.6 Å². The Kier molecular flexibility index (Phi) is 7.10. The molecule has 2 amide bonds. The van der Waals surface area contributed by atoms with Gasteiger partial charge in [-0.3, -0.25) is 9.59 Å². The molecule has 0 bridgehead atoms. The van der Waals surface area contributed by atoms with Gasteiger partial charge in [0.2, 0.25) is 11.8 Å². The predicted molar refractivity (Wildman–Crippen MR) is 89.4 cm³/mol. The fraction of sp³-hybridized carbons (Fsp3) is 0.467. The number of aliphatic hydroxyl groups excluding tert-OH is 1. The maximum atomic E-state index is 11.9. The molecule has 4 N–H and O–H groups in total. The van der Waals surface area contributed by atoms with Crippen molar-refractivity contribution in [2.24, 2.45) is 11.7 Å². The molecule has 1 aromatic rings. The van der Waals surface area contributed by atoms with Crippen LogP contribution in [0, 0.1) is 9.49 Å². The lowest BCUT2D eigenvalue weighted by Crippen LogP contribution is -2.49. The Morgan fingerprint density at radius 2 is 1.86 bits per heavy atom. The summed E-state index contributed by atoms with van der Waals surface area (Å²) in [7, 11) is 0. The van der Waals surface area contributed by atoms with Crippen LogP contribution in [0.3, 0.4) is 0 Å². The number of hydrogen-bond acceptors (Lipinski definition) is 3. The van der Waals surface area contributed by atoms with E-state index < -0.39 is 24.0 Å². The minimum absolute atomic E-state index is 0.189. The number of carbonyl (C=O) groups is 2. The van der Waals surface area contributed by atoms with Gasteiger partial charge in [0.1, 0.15) is 12.1 Å². The van der Waals surface area contributed by atoms with E-state index >= 15 is 0 Å². The van der Waals surface area contributed by atoms with Crippen molar-refractivity contribution >= 4 is 34.4 Å². The highest BCUT2D eigenvalue weighted by atomic mass is 127. The molecule has 0 heterocycles. The molecule has 21 heavy (non-hydrogen) atoms. The fourth-order valence-corrected chi connectivity index (χ4v) is 2.26. The fourth-order valence-electron chi connectivity index (χ4n) is 1.90. The van der Waals surface area contributed by atoms with Crippen LogP contribution in [0.4, 0.5) is 0 Å². The lowest BCUT2D eigenvalue weighted by Gasteiger charge is -2.19. The largest absolute Gasteiger partial charge is 0.383 e. The molecule has 0 saturated heterocycles. The van der Waals surface area contributed by atoms with Crippen molar-refractivity contribution in [3.05, 3.63) is 33.4 Å². The van der Waals surface area contributed by atoms with E-state index in [1.807, 2.05) is 38.1 Å². The minimum atomic E-state index is -1.12. The Morgan fingerprint density at radius 3 is 2.33 bits per heavy atom. The van der Waals surface area contributed by atoms with E-state index in [2.05, 4.69) is 27.9 Å². The molecule has 0 radical (unpaired) electrons. The third-order valence-electron chi connectivity index (χ3n) is 3.01. The summed E-state index contributed by atoms with van der Waals surface area (Å²) in [5, 5.41) is 12.3. The molecule has 1 aromatic carbocycles. The monoisotopic (exact) mass is 404 g/mol. The Balaban J connectivity index is 2.67. The lowest BCUT2D eigenvalue weighted by atomic mass is 10.0. The second-order valence-corrected chi connectivity index (χ2v) is 6.69. The number of primary amides is 1. The summed E-state index contributed by atoms with van der Waals surface area (Å²) >= 11 is 2.19. The van der Waals surface area contributed by atoms with Gasteiger partial charge in [-0.1, -0.05) is 26.0 Å². The molecule has 0 aliphatic rings. The van der Waals surface area contributed by atoms with Gasteiger partial charge in [-0.25, -0.2) is 0 Å². The van der Waals surface area contributed by atoms with E-state index in [4.69, 9.17) is 5.73 Å². The molecule has 116 valence electrons. The lowest BCUT2D eigenvalue weighted by molar-refractivity contribution is -0.133. The first-order valence-electron chi connectivity index (χ1n) is 6.81. The number of carbonyl (C=O) groups excluding carboxylic acids is 2. The number of halogens is 1. The molecule has 2 atom stereocenters. The average Bonchev–Trinajstić information content (AvgIpc) is 2.39. The van der Waals surface area contributed by atoms with Crippen molar-refractivity contribution < 1.29 is 14.7 Å². The number of benzene rings is 1. The van der Waals surface area contributed by atoms with E-state index in [0.717, 1.165) is 9.13 Å². The van der Waals surface area contributed by atoms with Crippen LogP contribution in [0.5, 0.6) is 0 Å². The quantitative estimate of drug-likeness (QED) is 0.597. The SMILES string of the molecule is CC(C)C[C@H](O)C(=O)N[C@H](Cc1ccc(I)cc1)C(N)=O. The van der Waals surface area contributed by atoms with Crippen LogP contribution in [0.15, 0.2) is 24.3 Å². The van der Waals surface area contributed by atoms with Crippen molar-refractivity contribution in [3.63, 3.8) is 0 Å². The van der Waals surface area contributed by atoms with Crippen molar-refractivity contribution in [1.82, 2.24) is 5.32 Å². The first kappa shape index (κ1) is 17.9. The number of nitrogens with one attached hydrogen (secondary N) is 1. The van der Waals surface area contributed by atoms with E-state index in [-0.39, 0.29) is 5.92 Å². The summed E-state index contributed by atoms with van der Waals surface area (Å²) in [6.07, 6.45) is -0.462. The van der Waals surface area contributed by atoms with E-state index in [0.29, 0.717) is 12.8 Å². The first-order chi connectivity index (χ1) is 9.79. The zero-order valence-corrected chi connectivity index (χ0v) is 14.3. The van der Waals surface area contributed by atoms with Crippen LogP contribution in [-0.4, -0.2) is 29.1 Å². The molecular formula is C15H21IN2O3. The van der Waals surface area contributed by atoms with Gasteiger partial charge in [-0.05, 0) is 52.6 Å². The summed E-state index contributed by atoms with van der Waals surface area (Å²) in [5.74, 6) is -0.981. The van der Waals surface area contributed by atoms with Gasteiger partial charge in [-0.15, -0.1) is 0 Å². The number of amides is 2. The third-order valence-corrected chi connectivity index (χ3v) is 3.73. The molecule has 0 fully saturated rings. The zero-order chi connectivity index (χ0) is 16.0. The molecular weight excluding hydrogens is 383 g/mol. The highest BCUT2D eigenvalue weighted by molar-refractivity contribution is 14.1. The van der Waals surface area contributed by atoms with Crippen molar-refractivity contribution in [2.45, 2.75) is 38.8 Å². The third kappa shape index (κ3) is 6.43. The molecule has 1 rings (SSSR count). The van der Waals surface area contributed by atoms with Crippen LogP contribution in [0.2, 0.25) is 0 Å². The van der Waals surface area contributed by atoms with Gasteiger partial charge in [0.15, 0.2) is 0 Å². The summed E-state index contributed by atoms with van der Waals surface area (Å²) in [5.41, 5.74) is 6.23. The smallest absolute Gasteiger partial charge is 0.249 e. The van der Waals surface area contributed by atoms with Crippen LogP contribution in [0.1, 0.15) is 25.8 Å². The first-order valence-corrected chi connectivity index (χ1v) is 7.89.